The van der Waals surface area contributed by atoms with Gasteiger partial charge in [-0.15, -0.1) is 10.2 Å². The lowest BCUT2D eigenvalue weighted by molar-refractivity contribution is 0.0412. The van der Waals surface area contributed by atoms with Gasteiger partial charge in [0.15, 0.2) is 0 Å². The minimum atomic E-state index is -0.438. The second-order valence-electron chi connectivity index (χ2n) is 10.3. The van der Waals surface area contributed by atoms with Crippen molar-refractivity contribution in [1.29, 1.82) is 0 Å². The summed E-state index contributed by atoms with van der Waals surface area (Å²) in [5, 5.41) is 23.3. The van der Waals surface area contributed by atoms with E-state index in [1.807, 2.05) is 18.5 Å². The first-order valence-electron chi connectivity index (χ1n) is 13.0. The molecule has 1 saturated carbocycles. The molecule has 2 aliphatic rings. The molecule has 2 atom stereocenters. The number of pyridine rings is 1. The molecule has 182 valence electrons. The van der Waals surface area contributed by atoms with Gasteiger partial charge in [-0.2, -0.15) is 0 Å². The van der Waals surface area contributed by atoms with Gasteiger partial charge in [0.25, 0.3) is 0 Å². The molecule has 1 aliphatic heterocycles. The van der Waals surface area contributed by atoms with Crippen molar-refractivity contribution in [2.45, 2.75) is 96.4 Å². The number of likely N-dealkylation sites (tertiary alicyclic amines) is 1. The molecule has 1 unspecified atom stereocenters. The summed E-state index contributed by atoms with van der Waals surface area (Å²) in [5.74, 6) is 2.92. The Labute approximate surface area is 199 Å². The average molecular weight is 455 g/mol. The van der Waals surface area contributed by atoms with Gasteiger partial charge in [0, 0.05) is 43.5 Å². The predicted molar refractivity (Wildman–Crippen MR) is 131 cm³/mol. The highest BCUT2D eigenvalue weighted by atomic mass is 16.3. The number of piperidine rings is 1. The number of nitrogens with zero attached hydrogens (tertiary/aromatic N) is 5. The molecule has 1 saturated heterocycles. The summed E-state index contributed by atoms with van der Waals surface area (Å²) < 4.78 is 2.38. The second-order valence-corrected chi connectivity index (χ2v) is 10.3. The predicted octanol–water partition coefficient (Wildman–Crippen LogP) is 4.36. The van der Waals surface area contributed by atoms with Gasteiger partial charge in [-0.25, -0.2) is 0 Å². The lowest BCUT2D eigenvalue weighted by atomic mass is 9.87. The molecule has 2 aromatic rings. The summed E-state index contributed by atoms with van der Waals surface area (Å²) >= 11 is 0. The van der Waals surface area contributed by atoms with Crippen LogP contribution in [-0.2, 0) is 0 Å². The van der Waals surface area contributed by atoms with Gasteiger partial charge in [0.1, 0.15) is 17.9 Å². The van der Waals surface area contributed by atoms with E-state index in [0.717, 1.165) is 63.4 Å². The molecule has 33 heavy (non-hydrogen) atoms. The van der Waals surface area contributed by atoms with Crippen LogP contribution in [0.2, 0.25) is 0 Å². The van der Waals surface area contributed by atoms with Gasteiger partial charge in [-0.3, -0.25) is 10.3 Å². The first-order chi connectivity index (χ1) is 16.0. The van der Waals surface area contributed by atoms with E-state index in [2.05, 4.69) is 56.8 Å². The van der Waals surface area contributed by atoms with E-state index in [1.54, 1.807) is 0 Å². The standard InChI is InChI=1S/C26H42N6O/c1-19(2)25-30-29-20(3)32(25)23-11-15-31(16-12-23)17-13-24(22-10-7-14-27-18-22)28-26(33)21-8-5-4-6-9-21/h7,10,14,18-19,21,23-24,26,28,33H,4-6,8-9,11-13,15-17H2,1-3H3/t24-,26?/m0/s1. The molecule has 0 aromatic carbocycles. The average Bonchev–Trinajstić information content (AvgIpc) is 3.24. The molecule has 4 rings (SSSR count). The fraction of sp³-hybridized carbons (Fsp3) is 0.731. The van der Waals surface area contributed by atoms with Crippen LogP contribution in [0.5, 0.6) is 0 Å². The molecular weight excluding hydrogens is 412 g/mol. The Balaban J connectivity index is 1.33. The largest absolute Gasteiger partial charge is 0.378 e. The van der Waals surface area contributed by atoms with Gasteiger partial charge in [-0.05, 0) is 63.1 Å². The van der Waals surface area contributed by atoms with E-state index < -0.39 is 6.23 Å². The zero-order valence-corrected chi connectivity index (χ0v) is 20.7. The molecule has 2 aromatic heterocycles. The van der Waals surface area contributed by atoms with Crippen LogP contribution in [0, 0.1) is 12.8 Å². The topological polar surface area (TPSA) is 79.1 Å². The maximum Gasteiger partial charge on any atom is 0.135 e. The van der Waals surface area contributed by atoms with Crippen molar-refractivity contribution in [2.24, 2.45) is 5.92 Å². The van der Waals surface area contributed by atoms with Crippen LogP contribution >= 0.6 is 0 Å². The minimum absolute atomic E-state index is 0.126. The SMILES string of the molecule is Cc1nnc(C(C)C)n1C1CCN(CC[C@H](NC(O)C2CCCCC2)c2cccnc2)CC1. The smallest absolute Gasteiger partial charge is 0.135 e. The Hall–Kier alpha value is -1.83. The van der Waals surface area contributed by atoms with E-state index in [1.165, 1.54) is 24.8 Å². The molecular formula is C26H42N6O. The molecule has 0 bridgehead atoms. The molecule has 0 spiro atoms. The highest BCUT2D eigenvalue weighted by Crippen LogP contribution is 2.30. The summed E-state index contributed by atoms with van der Waals surface area (Å²) in [6.07, 6.45) is 12.6. The maximum absolute atomic E-state index is 10.9. The first-order valence-corrected chi connectivity index (χ1v) is 13.0. The number of aromatic nitrogens is 4. The van der Waals surface area contributed by atoms with Gasteiger partial charge >= 0.3 is 0 Å². The summed E-state index contributed by atoms with van der Waals surface area (Å²) in [7, 11) is 0. The number of nitrogens with one attached hydrogen (secondary N) is 1. The van der Waals surface area contributed by atoms with Crippen LogP contribution in [0.3, 0.4) is 0 Å². The van der Waals surface area contributed by atoms with Crippen molar-refractivity contribution in [2.75, 3.05) is 19.6 Å². The van der Waals surface area contributed by atoms with E-state index in [9.17, 15) is 5.11 Å². The van der Waals surface area contributed by atoms with Crippen molar-refractivity contribution in [3.8, 4) is 0 Å². The van der Waals surface area contributed by atoms with Crippen LogP contribution in [0.1, 0.15) is 100 Å². The van der Waals surface area contributed by atoms with Gasteiger partial charge in [0.2, 0.25) is 0 Å². The highest BCUT2D eigenvalue weighted by molar-refractivity contribution is 5.14. The Morgan fingerprint density at radius 2 is 1.85 bits per heavy atom. The molecule has 0 amide bonds. The lowest BCUT2D eigenvalue weighted by Gasteiger charge is -2.35. The minimum Gasteiger partial charge on any atom is -0.378 e. The number of aliphatic hydroxyl groups is 1. The van der Waals surface area contributed by atoms with Gasteiger partial charge < -0.3 is 14.6 Å². The van der Waals surface area contributed by atoms with E-state index >= 15 is 0 Å². The van der Waals surface area contributed by atoms with E-state index in [4.69, 9.17) is 0 Å². The number of hydrogen-bond donors (Lipinski definition) is 2. The maximum atomic E-state index is 10.9. The Kier molecular flexibility index (Phi) is 8.50. The number of hydrogen-bond acceptors (Lipinski definition) is 6. The Morgan fingerprint density at radius 3 is 2.52 bits per heavy atom. The third-order valence-corrected chi connectivity index (χ3v) is 7.62. The Bertz CT molecular complexity index is 840. The quantitative estimate of drug-likeness (QED) is 0.548. The van der Waals surface area contributed by atoms with Crippen LogP contribution in [0.15, 0.2) is 24.5 Å². The lowest BCUT2D eigenvalue weighted by Crippen LogP contribution is -2.41. The van der Waals surface area contributed by atoms with Crippen molar-refractivity contribution >= 4 is 0 Å². The Morgan fingerprint density at radius 1 is 1.09 bits per heavy atom. The van der Waals surface area contributed by atoms with Crippen LogP contribution in [-0.4, -0.2) is 55.6 Å². The fourth-order valence-corrected chi connectivity index (χ4v) is 5.66. The van der Waals surface area contributed by atoms with Crippen molar-refractivity contribution in [3.05, 3.63) is 41.7 Å². The third kappa shape index (κ3) is 6.19. The second kappa shape index (κ2) is 11.5. The van der Waals surface area contributed by atoms with E-state index in [0.29, 0.717) is 17.9 Å². The highest BCUT2D eigenvalue weighted by Gasteiger charge is 2.28. The van der Waals surface area contributed by atoms with Crippen molar-refractivity contribution in [1.82, 2.24) is 30.0 Å². The molecule has 3 heterocycles. The summed E-state index contributed by atoms with van der Waals surface area (Å²) in [6.45, 7) is 9.67. The van der Waals surface area contributed by atoms with Gasteiger partial charge in [-0.1, -0.05) is 39.2 Å². The summed E-state index contributed by atoms with van der Waals surface area (Å²) in [6, 6.07) is 4.75. The zero-order valence-electron chi connectivity index (χ0n) is 20.7. The first kappa shape index (κ1) is 24.3. The molecule has 7 nitrogen and oxygen atoms in total. The van der Waals surface area contributed by atoms with Crippen LogP contribution in [0.25, 0.3) is 0 Å². The number of rotatable bonds is 9. The molecule has 0 radical (unpaired) electrons. The van der Waals surface area contributed by atoms with Crippen molar-refractivity contribution < 1.29 is 5.11 Å². The number of aliphatic hydroxyl groups excluding tert-OH is 1. The van der Waals surface area contributed by atoms with Crippen molar-refractivity contribution in [3.63, 3.8) is 0 Å². The molecule has 2 N–H and O–H groups in total. The zero-order chi connectivity index (χ0) is 23.2. The summed E-state index contributed by atoms with van der Waals surface area (Å²) in [5.41, 5.74) is 1.17. The fourth-order valence-electron chi connectivity index (χ4n) is 5.66. The van der Waals surface area contributed by atoms with Crippen LogP contribution < -0.4 is 5.32 Å². The normalized spacial score (nSPS) is 20.9. The van der Waals surface area contributed by atoms with E-state index in [-0.39, 0.29) is 6.04 Å². The molecule has 1 aliphatic carbocycles. The molecule has 2 fully saturated rings. The van der Waals surface area contributed by atoms with Gasteiger partial charge in [0.05, 0.1) is 0 Å². The molecule has 7 heteroatoms. The monoisotopic (exact) mass is 454 g/mol. The number of aryl methyl sites for hydroxylation is 1. The third-order valence-electron chi connectivity index (χ3n) is 7.62. The summed E-state index contributed by atoms with van der Waals surface area (Å²) in [4.78, 5) is 6.91. The van der Waals surface area contributed by atoms with Crippen LogP contribution in [0.4, 0.5) is 0 Å².